The van der Waals surface area contributed by atoms with Gasteiger partial charge in [0.05, 0.1) is 19.6 Å². The van der Waals surface area contributed by atoms with Gasteiger partial charge in [0, 0.05) is 0 Å². The van der Waals surface area contributed by atoms with E-state index in [2.05, 4.69) is 17.9 Å². The minimum Gasteiger partial charge on any atom is -0.469 e. The topological polar surface area (TPSA) is 46.5 Å². The van der Waals surface area contributed by atoms with Gasteiger partial charge >= 0.3 is 5.97 Å². The van der Waals surface area contributed by atoms with Crippen LogP contribution in [0.1, 0.15) is 26.2 Å². The predicted octanol–water partition coefficient (Wildman–Crippen LogP) is 2.07. The Morgan fingerprint density at radius 3 is 2.69 bits per heavy atom. The third-order valence-corrected chi connectivity index (χ3v) is 3.37. The van der Waals surface area contributed by atoms with Crippen LogP contribution in [0.5, 0.6) is 0 Å². The minimum absolute atomic E-state index is 0.0119. The van der Waals surface area contributed by atoms with E-state index >= 15 is 0 Å². The second-order valence-electron chi connectivity index (χ2n) is 4.58. The van der Waals surface area contributed by atoms with Crippen LogP contribution in [-0.2, 0) is 9.53 Å². The number of ether oxygens (including phenoxy) is 1. The molecule has 1 rings (SSSR count). The van der Waals surface area contributed by atoms with Gasteiger partial charge in [0.25, 0.3) is 0 Å². The molecule has 90 valence electrons. The molecule has 0 heterocycles. The number of rotatable bonds is 3. The van der Waals surface area contributed by atoms with Crippen LogP contribution in [0.2, 0.25) is 0 Å². The number of hydrogen-bond donors (Lipinski definition) is 1. The molecule has 0 amide bonds. The summed E-state index contributed by atoms with van der Waals surface area (Å²) < 4.78 is 4.65. The number of carbonyl (C=O) groups excluding carboxylic acids is 1. The lowest BCUT2D eigenvalue weighted by Gasteiger charge is -2.34. The number of esters is 1. The van der Waals surface area contributed by atoms with E-state index in [1.54, 1.807) is 0 Å². The second-order valence-corrected chi connectivity index (χ2v) is 4.58. The van der Waals surface area contributed by atoms with Crippen molar-refractivity contribution < 1.29 is 14.6 Å². The summed E-state index contributed by atoms with van der Waals surface area (Å²) in [4.78, 5) is 11.2. The van der Waals surface area contributed by atoms with Crippen molar-refractivity contribution in [2.75, 3.05) is 7.11 Å². The molecule has 3 nitrogen and oxygen atoms in total. The molecule has 0 spiro atoms. The Kier molecular flexibility index (Phi) is 4.30. The highest BCUT2D eigenvalue weighted by Crippen LogP contribution is 2.37. The monoisotopic (exact) mass is 224 g/mol. The molecule has 3 heteroatoms. The first-order valence-corrected chi connectivity index (χ1v) is 5.54. The van der Waals surface area contributed by atoms with E-state index in [4.69, 9.17) is 0 Å². The van der Waals surface area contributed by atoms with Crippen LogP contribution in [0.4, 0.5) is 0 Å². The smallest absolute Gasteiger partial charge is 0.306 e. The summed E-state index contributed by atoms with van der Waals surface area (Å²) in [7, 11) is 1.38. The largest absolute Gasteiger partial charge is 0.469 e. The third kappa shape index (κ3) is 2.95. The van der Waals surface area contributed by atoms with Crippen LogP contribution in [0.3, 0.4) is 0 Å². The molecule has 1 aliphatic carbocycles. The lowest BCUT2D eigenvalue weighted by molar-refractivity contribution is -0.141. The predicted molar refractivity (Wildman–Crippen MR) is 62.8 cm³/mol. The van der Waals surface area contributed by atoms with Crippen molar-refractivity contribution >= 4 is 5.97 Å². The summed E-state index contributed by atoms with van der Waals surface area (Å²) in [5.41, 5.74) is 1.81. The SMILES string of the molecule is C=C(C)[C@@H]1C[C@@H](CC(=O)OC)C(=C)[C@@H](O)C1. The Balaban J connectivity index is 2.70. The van der Waals surface area contributed by atoms with Gasteiger partial charge in [0.1, 0.15) is 0 Å². The molecule has 1 N–H and O–H groups in total. The summed E-state index contributed by atoms with van der Waals surface area (Å²) in [5, 5.41) is 9.86. The molecule has 0 aromatic heterocycles. The van der Waals surface area contributed by atoms with E-state index in [-0.39, 0.29) is 17.8 Å². The van der Waals surface area contributed by atoms with Gasteiger partial charge in [-0.25, -0.2) is 0 Å². The van der Waals surface area contributed by atoms with Crippen LogP contribution >= 0.6 is 0 Å². The van der Waals surface area contributed by atoms with Crippen molar-refractivity contribution in [3.05, 3.63) is 24.3 Å². The van der Waals surface area contributed by atoms with Crippen molar-refractivity contribution in [1.82, 2.24) is 0 Å². The van der Waals surface area contributed by atoms with Crippen molar-refractivity contribution in [3.63, 3.8) is 0 Å². The Morgan fingerprint density at radius 1 is 1.56 bits per heavy atom. The first-order chi connectivity index (χ1) is 7.45. The van der Waals surface area contributed by atoms with Crippen molar-refractivity contribution in [2.24, 2.45) is 11.8 Å². The van der Waals surface area contributed by atoms with Crippen LogP contribution in [0, 0.1) is 11.8 Å². The van der Waals surface area contributed by atoms with Crippen LogP contribution < -0.4 is 0 Å². The van der Waals surface area contributed by atoms with Gasteiger partial charge in [-0.3, -0.25) is 4.79 Å². The lowest BCUT2D eigenvalue weighted by atomic mass is 9.73. The zero-order valence-corrected chi connectivity index (χ0v) is 10.0. The molecule has 0 radical (unpaired) electrons. The van der Waals surface area contributed by atoms with Gasteiger partial charge in [0.15, 0.2) is 0 Å². The van der Waals surface area contributed by atoms with E-state index in [9.17, 15) is 9.90 Å². The van der Waals surface area contributed by atoms with Crippen molar-refractivity contribution in [3.8, 4) is 0 Å². The van der Waals surface area contributed by atoms with Gasteiger partial charge in [-0.2, -0.15) is 0 Å². The highest BCUT2D eigenvalue weighted by Gasteiger charge is 2.32. The van der Waals surface area contributed by atoms with Gasteiger partial charge in [0.2, 0.25) is 0 Å². The normalized spacial score (nSPS) is 29.9. The molecule has 0 bridgehead atoms. The van der Waals surface area contributed by atoms with E-state index < -0.39 is 6.10 Å². The fourth-order valence-corrected chi connectivity index (χ4v) is 2.19. The Morgan fingerprint density at radius 2 is 2.19 bits per heavy atom. The Labute approximate surface area is 96.8 Å². The van der Waals surface area contributed by atoms with Crippen LogP contribution in [-0.4, -0.2) is 24.3 Å². The maximum absolute atomic E-state index is 11.2. The lowest BCUT2D eigenvalue weighted by Crippen LogP contribution is -2.30. The van der Waals surface area contributed by atoms with Gasteiger partial charge in [-0.15, -0.1) is 0 Å². The Bertz CT molecular complexity index is 306. The maximum Gasteiger partial charge on any atom is 0.306 e. The summed E-state index contributed by atoms with van der Waals surface area (Å²) >= 11 is 0. The number of aliphatic hydroxyl groups excluding tert-OH is 1. The number of allylic oxidation sites excluding steroid dienone is 1. The van der Waals surface area contributed by atoms with Crippen molar-refractivity contribution in [2.45, 2.75) is 32.3 Å². The molecule has 1 fully saturated rings. The zero-order valence-electron chi connectivity index (χ0n) is 10.0. The summed E-state index contributed by atoms with van der Waals surface area (Å²) in [6.07, 6.45) is 1.28. The number of aliphatic hydroxyl groups is 1. The fourth-order valence-electron chi connectivity index (χ4n) is 2.19. The molecule has 1 saturated carbocycles. The molecule has 1 aliphatic rings. The standard InChI is InChI=1S/C13H20O3/c1-8(2)10-5-11(7-13(15)16-4)9(3)12(14)6-10/h10-12,14H,1,3,5-7H2,2,4H3/t10-,11+,12+/m1/s1. The molecule has 16 heavy (non-hydrogen) atoms. The quantitative estimate of drug-likeness (QED) is 0.589. The van der Waals surface area contributed by atoms with E-state index in [1.165, 1.54) is 7.11 Å². The minimum atomic E-state index is -0.523. The average Bonchev–Trinajstić information content (AvgIpc) is 2.23. The molecule has 0 aromatic carbocycles. The second kappa shape index (κ2) is 5.30. The molecular weight excluding hydrogens is 204 g/mol. The molecular formula is C13H20O3. The molecule has 0 saturated heterocycles. The summed E-state index contributed by atoms with van der Waals surface area (Å²) in [6, 6.07) is 0. The van der Waals surface area contributed by atoms with Gasteiger partial charge in [-0.05, 0) is 37.2 Å². The van der Waals surface area contributed by atoms with Crippen LogP contribution in [0.25, 0.3) is 0 Å². The summed E-state index contributed by atoms with van der Waals surface area (Å²) in [5.74, 6) is 0.0359. The highest BCUT2D eigenvalue weighted by molar-refractivity contribution is 5.70. The summed E-state index contributed by atoms with van der Waals surface area (Å²) in [6.45, 7) is 9.74. The highest BCUT2D eigenvalue weighted by atomic mass is 16.5. The molecule has 3 atom stereocenters. The first kappa shape index (κ1) is 13.0. The molecule has 0 aromatic rings. The van der Waals surface area contributed by atoms with E-state index in [0.29, 0.717) is 12.8 Å². The van der Waals surface area contributed by atoms with Gasteiger partial charge in [-0.1, -0.05) is 18.7 Å². The van der Waals surface area contributed by atoms with E-state index in [0.717, 1.165) is 17.6 Å². The molecule has 0 aliphatic heterocycles. The maximum atomic E-state index is 11.2. The van der Waals surface area contributed by atoms with Crippen LogP contribution in [0.15, 0.2) is 24.3 Å². The third-order valence-electron chi connectivity index (χ3n) is 3.37. The van der Waals surface area contributed by atoms with Crippen molar-refractivity contribution in [1.29, 1.82) is 0 Å². The Hall–Kier alpha value is -1.09. The average molecular weight is 224 g/mol. The fraction of sp³-hybridized carbons (Fsp3) is 0.615. The molecule has 0 unspecified atom stereocenters. The van der Waals surface area contributed by atoms with E-state index in [1.807, 2.05) is 6.92 Å². The first-order valence-electron chi connectivity index (χ1n) is 5.54. The number of carbonyl (C=O) groups is 1. The number of methoxy groups -OCH3 is 1. The zero-order chi connectivity index (χ0) is 12.3. The van der Waals surface area contributed by atoms with Gasteiger partial charge < -0.3 is 9.84 Å². The number of hydrogen-bond acceptors (Lipinski definition) is 3.